The fraction of sp³-hybridized carbons (Fsp3) is 0.143. The average Bonchev–Trinajstić information content (AvgIpc) is 2.29. The Morgan fingerprint density at radius 1 is 0.944 bits per heavy atom. The minimum Gasteiger partial charge on any atom is -0.423 e. The number of esters is 2. The standard InChI is InChI=1S/C14H14O4/c1-9(2)13(15)17-11-6-5-7-12(8-11)18-14(16)10(3)4/h5-8H,1,3H2,2,4H3. The van der Waals surface area contributed by atoms with Gasteiger partial charge in [0.1, 0.15) is 11.5 Å². The van der Waals surface area contributed by atoms with E-state index in [-0.39, 0.29) is 11.5 Å². The highest BCUT2D eigenvalue weighted by Gasteiger charge is 2.08. The summed E-state index contributed by atoms with van der Waals surface area (Å²) in [5, 5.41) is 0. The average molecular weight is 246 g/mol. The van der Waals surface area contributed by atoms with Gasteiger partial charge in [0.15, 0.2) is 0 Å². The van der Waals surface area contributed by atoms with Crippen molar-refractivity contribution < 1.29 is 19.1 Å². The van der Waals surface area contributed by atoms with Crippen molar-refractivity contribution in [1.82, 2.24) is 0 Å². The molecule has 0 unspecified atom stereocenters. The molecule has 0 saturated heterocycles. The minimum absolute atomic E-state index is 0.287. The molecule has 0 heterocycles. The maximum atomic E-state index is 11.3. The summed E-state index contributed by atoms with van der Waals surface area (Å²) < 4.78 is 10.0. The van der Waals surface area contributed by atoms with Gasteiger partial charge >= 0.3 is 11.9 Å². The molecule has 94 valence electrons. The summed E-state index contributed by atoms with van der Waals surface area (Å²) in [6.45, 7) is 10.0. The number of hydrogen-bond acceptors (Lipinski definition) is 4. The first-order valence-electron chi connectivity index (χ1n) is 5.25. The third kappa shape index (κ3) is 3.90. The van der Waals surface area contributed by atoms with Crippen LogP contribution in [0.2, 0.25) is 0 Å². The minimum atomic E-state index is -0.529. The van der Waals surface area contributed by atoms with E-state index in [1.807, 2.05) is 0 Å². The number of carbonyl (C=O) groups is 2. The zero-order valence-corrected chi connectivity index (χ0v) is 10.4. The highest BCUT2D eigenvalue weighted by Crippen LogP contribution is 2.20. The Morgan fingerprint density at radius 3 is 1.67 bits per heavy atom. The molecule has 0 bridgehead atoms. The number of benzene rings is 1. The maximum absolute atomic E-state index is 11.3. The van der Waals surface area contributed by atoms with E-state index >= 15 is 0 Å². The number of hydrogen-bond donors (Lipinski definition) is 0. The van der Waals surface area contributed by atoms with E-state index in [9.17, 15) is 9.59 Å². The lowest BCUT2D eigenvalue weighted by molar-refractivity contribution is -0.130. The highest BCUT2D eigenvalue weighted by atomic mass is 16.5. The molecule has 0 aliphatic rings. The van der Waals surface area contributed by atoms with E-state index in [0.717, 1.165) is 0 Å². The first kappa shape index (κ1) is 13.7. The fourth-order valence-electron chi connectivity index (χ4n) is 0.990. The van der Waals surface area contributed by atoms with Crippen LogP contribution in [0.15, 0.2) is 48.6 Å². The zero-order chi connectivity index (χ0) is 13.7. The summed E-state index contributed by atoms with van der Waals surface area (Å²) >= 11 is 0. The fourth-order valence-corrected chi connectivity index (χ4v) is 0.990. The second kappa shape index (κ2) is 5.82. The van der Waals surface area contributed by atoms with Crippen LogP contribution in [0.5, 0.6) is 11.5 Å². The first-order chi connectivity index (χ1) is 8.40. The van der Waals surface area contributed by atoms with Gasteiger partial charge in [-0.25, -0.2) is 9.59 Å². The SMILES string of the molecule is C=C(C)C(=O)Oc1cccc(OC(=O)C(=C)C)c1. The Labute approximate surface area is 106 Å². The normalized spacial score (nSPS) is 9.44. The molecule has 0 aromatic heterocycles. The quantitative estimate of drug-likeness (QED) is 0.465. The summed E-state index contributed by atoms with van der Waals surface area (Å²) in [5.41, 5.74) is 0.582. The van der Waals surface area contributed by atoms with Gasteiger partial charge in [-0.15, -0.1) is 0 Å². The lowest BCUT2D eigenvalue weighted by atomic mass is 10.3. The van der Waals surface area contributed by atoms with Crippen molar-refractivity contribution >= 4 is 11.9 Å². The lowest BCUT2D eigenvalue weighted by Gasteiger charge is -2.07. The van der Waals surface area contributed by atoms with Crippen LogP contribution in [0.1, 0.15) is 13.8 Å². The molecular weight excluding hydrogens is 232 g/mol. The van der Waals surface area contributed by atoms with Crippen molar-refractivity contribution in [3.05, 3.63) is 48.6 Å². The Bertz CT molecular complexity index is 471. The van der Waals surface area contributed by atoms with Gasteiger partial charge in [-0.3, -0.25) is 0 Å². The summed E-state index contributed by atoms with van der Waals surface area (Å²) in [6.07, 6.45) is 0. The van der Waals surface area contributed by atoms with Gasteiger partial charge in [-0.2, -0.15) is 0 Å². The Morgan fingerprint density at radius 2 is 1.33 bits per heavy atom. The summed E-state index contributed by atoms with van der Waals surface area (Å²) in [7, 11) is 0. The van der Waals surface area contributed by atoms with Crippen molar-refractivity contribution in [2.45, 2.75) is 13.8 Å². The number of rotatable bonds is 4. The molecule has 0 fully saturated rings. The van der Waals surface area contributed by atoms with Crippen LogP contribution in [-0.2, 0) is 9.59 Å². The molecule has 1 rings (SSSR count). The van der Waals surface area contributed by atoms with Gasteiger partial charge in [0.25, 0.3) is 0 Å². The smallest absolute Gasteiger partial charge is 0.338 e. The summed E-state index contributed by atoms with van der Waals surface area (Å²) in [6, 6.07) is 6.22. The van der Waals surface area contributed by atoms with Gasteiger partial charge < -0.3 is 9.47 Å². The van der Waals surface area contributed by atoms with Crippen LogP contribution in [-0.4, -0.2) is 11.9 Å². The van der Waals surface area contributed by atoms with Crippen molar-refractivity contribution in [3.63, 3.8) is 0 Å². The van der Waals surface area contributed by atoms with Crippen molar-refractivity contribution in [3.8, 4) is 11.5 Å². The van der Waals surface area contributed by atoms with Crippen LogP contribution in [0.4, 0.5) is 0 Å². The third-order valence-electron chi connectivity index (χ3n) is 1.92. The van der Waals surface area contributed by atoms with Crippen molar-refractivity contribution in [2.24, 2.45) is 0 Å². The predicted octanol–water partition coefficient (Wildman–Crippen LogP) is 2.65. The third-order valence-corrected chi connectivity index (χ3v) is 1.92. The molecule has 0 amide bonds. The second-order valence-corrected chi connectivity index (χ2v) is 3.81. The molecular formula is C14H14O4. The molecule has 0 saturated carbocycles. The highest BCUT2D eigenvalue weighted by molar-refractivity contribution is 5.89. The molecule has 1 aromatic rings. The van der Waals surface area contributed by atoms with Gasteiger partial charge in [-0.1, -0.05) is 19.2 Å². The molecule has 0 spiro atoms. The Balaban J connectivity index is 2.80. The summed E-state index contributed by atoms with van der Waals surface area (Å²) in [5.74, 6) is -0.484. The Kier molecular flexibility index (Phi) is 4.43. The molecule has 0 atom stereocenters. The van der Waals surface area contributed by atoms with E-state index < -0.39 is 11.9 Å². The van der Waals surface area contributed by atoms with E-state index in [1.165, 1.54) is 6.07 Å². The molecule has 4 nitrogen and oxygen atoms in total. The van der Waals surface area contributed by atoms with E-state index in [4.69, 9.17) is 9.47 Å². The van der Waals surface area contributed by atoms with Crippen molar-refractivity contribution in [2.75, 3.05) is 0 Å². The monoisotopic (exact) mass is 246 g/mol. The molecule has 0 N–H and O–H groups in total. The molecule has 0 aliphatic carbocycles. The first-order valence-corrected chi connectivity index (χ1v) is 5.25. The van der Waals surface area contributed by atoms with Crippen LogP contribution in [0.3, 0.4) is 0 Å². The molecule has 0 aliphatic heterocycles. The van der Waals surface area contributed by atoms with Crippen LogP contribution >= 0.6 is 0 Å². The van der Waals surface area contributed by atoms with E-state index in [2.05, 4.69) is 13.2 Å². The lowest BCUT2D eigenvalue weighted by Crippen LogP contribution is -2.10. The Hall–Kier alpha value is -2.36. The molecule has 0 radical (unpaired) electrons. The van der Waals surface area contributed by atoms with Crippen LogP contribution < -0.4 is 9.47 Å². The van der Waals surface area contributed by atoms with Gasteiger partial charge in [0, 0.05) is 17.2 Å². The van der Waals surface area contributed by atoms with Gasteiger partial charge in [-0.05, 0) is 26.0 Å². The number of ether oxygens (including phenoxy) is 2. The topological polar surface area (TPSA) is 52.6 Å². The zero-order valence-electron chi connectivity index (χ0n) is 10.4. The van der Waals surface area contributed by atoms with E-state index in [0.29, 0.717) is 11.1 Å². The molecule has 1 aromatic carbocycles. The summed E-state index contributed by atoms with van der Waals surface area (Å²) in [4.78, 5) is 22.6. The van der Waals surface area contributed by atoms with Crippen LogP contribution in [0.25, 0.3) is 0 Å². The largest absolute Gasteiger partial charge is 0.423 e. The maximum Gasteiger partial charge on any atom is 0.338 e. The van der Waals surface area contributed by atoms with E-state index in [1.54, 1.807) is 32.0 Å². The predicted molar refractivity (Wildman–Crippen MR) is 67.3 cm³/mol. The van der Waals surface area contributed by atoms with Crippen LogP contribution in [0, 0.1) is 0 Å². The number of carbonyl (C=O) groups excluding carboxylic acids is 2. The van der Waals surface area contributed by atoms with Gasteiger partial charge in [0.05, 0.1) is 0 Å². The second-order valence-electron chi connectivity index (χ2n) is 3.81. The molecule has 18 heavy (non-hydrogen) atoms. The van der Waals surface area contributed by atoms with Crippen molar-refractivity contribution in [1.29, 1.82) is 0 Å². The van der Waals surface area contributed by atoms with Gasteiger partial charge in [0.2, 0.25) is 0 Å². The molecule has 4 heteroatoms.